The van der Waals surface area contributed by atoms with E-state index in [1.807, 2.05) is 50.7 Å². The van der Waals surface area contributed by atoms with E-state index in [1.165, 1.54) is 11.1 Å². The molecule has 158 valence electrons. The van der Waals surface area contributed by atoms with E-state index in [0.29, 0.717) is 12.8 Å². The molecule has 1 aromatic carbocycles. The van der Waals surface area contributed by atoms with Crippen molar-refractivity contribution in [2.24, 2.45) is 0 Å². The number of rotatable bonds is 7. The molecule has 5 heteroatoms. The number of hydrogen-bond acceptors (Lipinski definition) is 3. The average molecular weight is 405 g/mol. The van der Waals surface area contributed by atoms with E-state index in [9.17, 15) is 4.79 Å². The number of amides is 1. The van der Waals surface area contributed by atoms with Crippen molar-refractivity contribution in [3.05, 3.63) is 81.9 Å². The van der Waals surface area contributed by atoms with Gasteiger partial charge < -0.3 is 5.32 Å². The predicted molar refractivity (Wildman–Crippen MR) is 120 cm³/mol. The summed E-state index contributed by atoms with van der Waals surface area (Å²) in [5.74, 6) is 0.0330. The minimum absolute atomic E-state index is 0.0330. The van der Waals surface area contributed by atoms with Crippen LogP contribution in [-0.2, 0) is 23.3 Å². The second-order valence-electron chi connectivity index (χ2n) is 8.65. The summed E-state index contributed by atoms with van der Waals surface area (Å²) < 4.78 is 2.04. The number of carbonyl (C=O) groups is 1. The Morgan fingerprint density at radius 3 is 2.37 bits per heavy atom. The molecule has 0 saturated heterocycles. The summed E-state index contributed by atoms with van der Waals surface area (Å²) in [6, 6.07) is 12.5. The zero-order chi connectivity index (χ0) is 21.9. The van der Waals surface area contributed by atoms with Gasteiger partial charge in [-0.05, 0) is 70.7 Å². The molecule has 0 saturated carbocycles. The summed E-state index contributed by atoms with van der Waals surface area (Å²) in [6.45, 7) is 12.9. The number of pyridine rings is 1. The van der Waals surface area contributed by atoms with Crippen molar-refractivity contribution in [2.45, 2.75) is 66.5 Å². The molecule has 0 bridgehead atoms. The lowest BCUT2D eigenvalue weighted by atomic mass is 9.95. The number of nitrogens with one attached hydrogen (secondary N) is 1. The molecule has 0 aliphatic rings. The van der Waals surface area contributed by atoms with Crippen LogP contribution in [0.2, 0.25) is 0 Å². The molecule has 2 aromatic heterocycles. The first-order chi connectivity index (χ1) is 14.2. The molecule has 1 amide bonds. The summed E-state index contributed by atoms with van der Waals surface area (Å²) in [7, 11) is 0. The Kier molecular flexibility index (Phi) is 6.40. The van der Waals surface area contributed by atoms with Gasteiger partial charge in [-0.1, -0.05) is 35.9 Å². The molecule has 0 radical (unpaired) electrons. The molecule has 0 aliphatic carbocycles. The summed E-state index contributed by atoms with van der Waals surface area (Å²) in [6.07, 6.45) is 2.94. The van der Waals surface area contributed by atoms with Gasteiger partial charge in [-0.25, -0.2) is 0 Å². The highest BCUT2D eigenvalue weighted by Gasteiger charge is 2.23. The molecule has 3 aromatic rings. The van der Waals surface area contributed by atoms with Crippen molar-refractivity contribution in [3.8, 4) is 0 Å². The highest BCUT2D eigenvalue weighted by molar-refractivity contribution is 5.77. The van der Waals surface area contributed by atoms with Crippen LogP contribution in [0.4, 0.5) is 0 Å². The normalized spacial score (nSPS) is 11.5. The smallest absolute Gasteiger partial charge is 0.221 e. The van der Waals surface area contributed by atoms with Crippen LogP contribution < -0.4 is 5.32 Å². The van der Waals surface area contributed by atoms with Gasteiger partial charge in [0.25, 0.3) is 0 Å². The maximum atomic E-state index is 12.7. The summed E-state index contributed by atoms with van der Waals surface area (Å²) in [4.78, 5) is 17.0. The summed E-state index contributed by atoms with van der Waals surface area (Å²) >= 11 is 0. The van der Waals surface area contributed by atoms with E-state index >= 15 is 0 Å². The van der Waals surface area contributed by atoms with Gasteiger partial charge in [-0.2, -0.15) is 5.10 Å². The van der Waals surface area contributed by atoms with E-state index in [0.717, 1.165) is 34.8 Å². The third-order valence-electron chi connectivity index (χ3n) is 5.67. The van der Waals surface area contributed by atoms with Crippen molar-refractivity contribution in [3.63, 3.8) is 0 Å². The SMILES string of the molecule is Cc1ccc(Cn2nc(C)c(CCC(=O)NC(C)(C)c3ccc(C)nc3)c2C)cc1. The Hall–Kier alpha value is -2.95. The van der Waals surface area contributed by atoms with E-state index in [4.69, 9.17) is 5.10 Å². The minimum Gasteiger partial charge on any atom is -0.347 e. The van der Waals surface area contributed by atoms with Gasteiger partial charge in [0.2, 0.25) is 5.91 Å². The highest BCUT2D eigenvalue weighted by Crippen LogP contribution is 2.21. The molecule has 5 nitrogen and oxygen atoms in total. The van der Waals surface area contributed by atoms with Crippen LogP contribution in [0.5, 0.6) is 0 Å². The average Bonchev–Trinajstić information content (AvgIpc) is 2.95. The monoisotopic (exact) mass is 404 g/mol. The zero-order valence-corrected chi connectivity index (χ0v) is 18.9. The van der Waals surface area contributed by atoms with E-state index < -0.39 is 5.54 Å². The first-order valence-electron chi connectivity index (χ1n) is 10.5. The fraction of sp³-hybridized carbons (Fsp3) is 0.400. The van der Waals surface area contributed by atoms with Crippen molar-refractivity contribution >= 4 is 5.91 Å². The van der Waals surface area contributed by atoms with Gasteiger partial charge in [0.05, 0.1) is 17.8 Å². The zero-order valence-electron chi connectivity index (χ0n) is 18.9. The third kappa shape index (κ3) is 5.15. The molecule has 0 atom stereocenters. The van der Waals surface area contributed by atoms with Gasteiger partial charge in [0.15, 0.2) is 0 Å². The number of benzene rings is 1. The first kappa shape index (κ1) is 21.8. The topological polar surface area (TPSA) is 59.8 Å². The lowest BCUT2D eigenvalue weighted by Crippen LogP contribution is -2.41. The Morgan fingerprint density at radius 2 is 1.73 bits per heavy atom. The molecular weight excluding hydrogens is 372 g/mol. The number of nitrogens with zero attached hydrogens (tertiary/aromatic N) is 3. The second kappa shape index (κ2) is 8.82. The van der Waals surface area contributed by atoms with Gasteiger partial charge in [-0.3, -0.25) is 14.5 Å². The molecule has 30 heavy (non-hydrogen) atoms. The largest absolute Gasteiger partial charge is 0.347 e. The van der Waals surface area contributed by atoms with Crippen LogP contribution in [0, 0.1) is 27.7 Å². The van der Waals surface area contributed by atoms with Crippen molar-refractivity contribution in [2.75, 3.05) is 0 Å². The van der Waals surface area contributed by atoms with Crippen LogP contribution in [0.3, 0.4) is 0 Å². The first-order valence-corrected chi connectivity index (χ1v) is 10.5. The molecule has 0 fully saturated rings. The third-order valence-corrected chi connectivity index (χ3v) is 5.67. The summed E-state index contributed by atoms with van der Waals surface area (Å²) in [5.41, 5.74) is 7.27. The standard InChI is InChI=1S/C25H32N4O/c1-17-7-10-21(11-8-17)16-29-20(4)23(19(3)28-29)13-14-24(30)27-25(5,6)22-12-9-18(2)26-15-22/h7-12,15H,13-14,16H2,1-6H3,(H,27,30). The number of hydrogen-bond donors (Lipinski definition) is 1. The van der Waals surface area contributed by atoms with Gasteiger partial charge in [0, 0.05) is 24.0 Å². The van der Waals surface area contributed by atoms with Crippen molar-refractivity contribution < 1.29 is 4.79 Å². The van der Waals surface area contributed by atoms with E-state index in [-0.39, 0.29) is 5.91 Å². The fourth-order valence-corrected chi connectivity index (χ4v) is 3.68. The Morgan fingerprint density at radius 1 is 1.03 bits per heavy atom. The second-order valence-corrected chi connectivity index (χ2v) is 8.65. The van der Waals surface area contributed by atoms with Gasteiger partial charge in [-0.15, -0.1) is 0 Å². The predicted octanol–water partition coefficient (Wildman–Crippen LogP) is 4.54. The van der Waals surface area contributed by atoms with E-state index in [1.54, 1.807) is 0 Å². The maximum absolute atomic E-state index is 12.7. The summed E-state index contributed by atoms with van der Waals surface area (Å²) in [5, 5.41) is 7.86. The minimum atomic E-state index is -0.461. The lowest BCUT2D eigenvalue weighted by molar-refractivity contribution is -0.122. The molecule has 2 heterocycles. The lowest BCUT2D eigenvalue weighted by Gasteiger charge is -2.26. The van der Waals surface area contributed by atoms with Gasteiger partial charge >= 0.3 is 0 Å². The molecule has 3 rings (SSSR count). The Balaban J connectivity index is 1.63. The number of aryl methyl sites for hydroxylation is 3. The van der Waals surface area contributed by atoms with Crippen molar-refractivity contribution in [1.29, 1.82) is 0 Å². The maximum Gasteiger partial charge on any atom is 0.221 e. The number of carbonyl (C=O) groups excluding carboxylic acids is 1. The fourth-order valence-electron chi connectivity index (χ4n) is 3.68. The van der Waals surface area contributed by atoms with E-state index in [2.05, 4.69) is 48.4 Å². The van der Waals surface area contributed by atoms with Gasteiger partial charge in [0.1, 0.15) is 0 Å². The van der Waals surface area contributed by atoms with Crippen LogP contribution in [-0.4, -0.2) is 20.7 Å². The van der Waals surface area contributed by atoms with Crippen LogP contribution in [0.1, 0.15) is 59.6 Å². The van der Waals surface area contributed by atoms with Crippen molar-refractivity contribution in [1.82, 2.24) is 20.1 Å². The highest BCUT2D eigenvalue weighted by atomic mass is 16.1. The Labute approximate surface area is 179 Å². The molecular formula is C25H32N4O. The number of aromatic nitrogens is 3. The quantitative estimate of drug-likeness (QED) is 0.629. The molecule has 0 unspecified atom stereocenters. The molecule has 0 aliphatic heterocycles. The molecule has 0 spiro atoms. The van der Waals surface area contributed by atoms with Crippen LogP contribution in [0.25, 0.3) is 0 Å². The van der Waals surface area contributed by atoms with Crippen LogP contribution >= 0.6 is 0 Å². The Bertz CT molecular complexity index is 1010. The van der Waals surface area contributed by atoms with Crippen LogP contribution in [0.15, 0.2) is 42.6 Å². The molecule has 1 N–H and O–H groups in total.